The fraction of sp³-hybridized carbons (Fsp3) is 0.571. The van der Waals surface area contributed by atoms with Crippen molar-refractivity contribution in [2.75, 3.05) is 11.9 Å². The molecule has 0 amide bonds. The molecule has 0 aliphatic carbocycles. The number of para-hydroxylation sites is 1. The van der Waals surface area contributed by atoms with Crippen molar-refractivity contribution in [1.29, 1.82) is 0 Å². The summed E-state index contributed by atoms with van der Waals surface area (Å²) < 4.78 is 5.91. The largest absolute Gasteiger partial charge is 0.493 e. The Morgan fingerprint density at radius 2 is 1.94 bits per heavy atom. The smallest absolute Gasteiger partial charge is 0.122 e. The monoisotopic (exact) mass is 284 g/mol. The van der Waals surface area contributed by atoms with Crippen LogP contribution in [0.15, 0.2) is 24.3 Å². The number of benzene rings is 1. The Morgan fingerprint density at radius 1 is 1.25 bits per heavy atom. The number of ether oxygens (including phenoxy) is 1. The molecule has 0 aliphatic heterocycles. The molecule has 90 valence electrons. The summed E-state index contributed by atoms with van der Waals surface area (Å²) in [5.74, 6) is 2.26. The van der Waals surface area contributed by atoms with Crippen molar-refractivity contribution in [3.8, 4) is 5.75 Å². The van der Waals surface area contributed by atoms with Gasteiger partial charge in [-0.05, 0) is 24.0 Å². The minimum absolute atomic E-state index is 0.574. The van der Waals surface area contributed by atoms with Gasteiger partial charge >= 0.3 is 0 Å². The first-order valence-corrected chi connectivity index (χ1v) is 7.07. The molecule has 1 aromatic rings. The summed E-state index contributed by atoms with van der Waals surface area (Å²) in [7, 11) is 0. The van der Waals surface area contributed by atoms with Crippen molar-refractivity contribution in [3.63, 3.8) is 0 Å². The van der Waals surface area contributed by atoms with E-state index in [2.05, 4.69) is 54.9 Å². The highest BCUT2D eigenvalue weighted by Gasteiger charge is 2.13. The normalized spacial score (nSPS) is 12.8. The van der Waals surface area contributed by atoms with Gasteiger partial charge in [0.2, 0.25) is 0 Å². The van der Waals surface area contributed by atoms with E-state index in [0.29, 0.717) is 11.8 Å². The first-order valence-electron chi connectivity index (χ1n) is 5.95. The lowest BCUT2D eigenvalue weighted by Gasteiger charge is -2.19. The van der Waals surface area contributed by atoms with Crippen LogP contribution in [-0.4, -0.2) is 11.9 Å². The molecular formula is C14H21BrO. The predicted molar refractivity (Wildman–Crippen MR) is 73.4 cm³/mol. The lowest BCUT2D eigenvalue weighted by molar-refractivity contribution is 0.226. The molecular weight excluding hydrogens is 264 g/mol. The lowest BCUT2D eigenvalue weighted by atomic mass is 9.99. The van der Waals surface area contributed by atoms with Crippen molar-refractivity contribution < 1.29 is 4.74 Å². The Balaban J connectivity index is 2.59. The predicted octanol–water partition coefficient (Wildman–Crippen LogP) is 4.29. The zero-order chi connectivity index (χ0) is 12.0. The number of halogens is 1. The molecule has 1 unspecified atom stereocenters. The molecule has 1 aromatic carbocycles. The second kappa shape index (κ2) is 6.95. The zero-order valence-electron chi connectivity index (χ0n) is 10.4. The van der Waals surface area contributed by atoms with E-state index in [1.165, 1.54) is 5.56 Å². The fourth-order valence-corrected chi connectivity index (χ4v) is 2.48. The maximum atomic E-state index is 5.91. The Labute approximate surface area is 107 Å². The summed E-state index contributed by atoms with van der Waals surface area (Å²) in [6.07, 6.45) is 1.02. The van der Waals surface area contributed by atoms with Crippen molar-refractivity contribution >= 4 is 15.9 Å². The van der Waals surface area contributed by atoms with E-state index in [1.807, 2.05) is 6.07 Å². The first kappa shape index (κ1) is 13.6. The van der Waals surface area contributed by atoms with Gasteiger partial charge in [0.05, 0.1) is 6.61 Å². The average molecular weight is 285 g/mol. The maximum absolute atomic E-state index is 5.91. The van der Waals surface area contributed by atoms with Gasteiger partial charge in [-0.1, -0.05) is 54.9 Å². The van der Waals surface area contributed by atoms with Gasteiger partial charge in [0.15, 0.2) is 0 Å². The minimum atomic E-state index is 0.574. The topological polar surface area (TPSA) is 9.23 Å². The molecule has 16 heavy (non-hydrogen) atoms. The summed E-state index contributed by atoms with van der Waals surface area (Å²) >= 11 is 3.55. The number of alkyl halides is 1. The van der Waals surface area contributed by atoms with E-state index in [0.717, 1.165) is 24.1 Å². The van der Waals surface area contributed by atoms with Gasteiger partial charge < -0.3 is 4.74 Å². The standard InChI is InChI=1S/C14H21BrO/c1-4-12-7-5-6-8-14(12)16-10-13(9-15)11(2)3/h5-8,11,13H,4,9-10H2,1-3H3. The quantitative estimate of drug-likeness (QED) is 0.708. The molecule has 0 fully saturated rings. The van der Waals surface area contributed by atoms with Crippen molar-refractivity contribution in [3.05, 3.63) is 29.8 Å². The van der Waals surface area contributed by atoms with E-state index in [4.69, 9.17) is 4.74 Å². The summed E-state index contributed by atoms with van der Waals surface area (Å²) in [4.78, 5) is 0. The number of rotatable bonds is 6. The van der Waals surface area contributed by atoms with Gasteiger partial charge in [-0.25, -0.2) is 0 Å². The van der Waals surface area contributed by atoms with Crippen LogP contribution in [-0.2, 0) is 6.42 Å². The minimum Gasteiger partial charge on any atom is -0.493 e. The highest BCUT2D eigenvalue weighted by molar-refractivity contribution is 9.09. The van der Waals surface area contributed by atoms with Crippen molar-refractivity contribution in [1.82, 2.24) is 0 Å². The van der Waals surface area contributed by atoms with Gasteiger partial charge in [-0.2, -0.15) is 0 Å². The third-order valence-corrected chi connectivity index (χ3v) is 3.78. The molecule has 1 atom stereocenters. The summed E-state index contributed by atoms with van der Waals surface area (Å²) in [6, 6.07) is 8.29. The van der Waals surface area contributed by atoms with Gasteiger partial charge in [0.1, 0.15) is 5.75 Å². The zero-order valence-corrected chi connectivity index (χ0v) is 12.0. The molecule has 1 rings (SSSR count). The van der Waals surface area contributed by atoms with Crippen LogP contribution in [0.4, 0.5) is 0 Å². The molecule has 0 bridgehead atoms. The van der Waals surface area contributed by atoms with Crippen LogP contribution in [0.1, 0.15) is 26.3 Å². The van der Waals surface area contributed by atoms with Gasteiger partial charge in [-0.15, -0.1) is 0 Å². The second-order valence-electron chi connectivity index (χ2n) is 4.43. The second-order valence-corrected chi connectivity index (χ2v) is 5.08. The average Bonchev–Trinajstić information content (AvgIpc) is 2.30. The highest BCUT2D eigenvalue weighted by Crippen LogP contribution is 2.21. The molecule has 0 heterocycles. The lowest BCUT2D eigenvalue weighted by Crippen LogP contribution is -2.19. The Kier molecular flexibility index (Phi) is 5.89. The SMILES string of the molecule is CCc1ccccc1OCC(CBr)C(C)C. The molecule has 0 N–H and O–H groups in total. The van der Waals surface area contributed by atoms with E-state index in [9.17, 15) is 0 Å². The maximum Gasteiger partial charge on any atom is 0.122 e. The Morgan fingerprint density at radius 3 is 2.50 bits per heavy atom. The van der Waals surface area contributed by atoms with Gasteiger partial charge in [0.25, 0.3) is 0 Å². The fourth-order valence-electron chi connectivity index (χ4n) is 1.55. The summed E-state index contributed by atoms with van der Waals surface area (Å²) in [5.41, 5.74) is 1.29. The van der Waals surface area contributed by atoms with Crippen molar-refractivity contribution in [2.24, 2.45) is 11.8 Å². The molecule has 0 saturated carbocycles. The van der Waals surface area contributed by atoms with Crippen LogP contribution < -0.4 is 4.74 Å². The molecule has 0 spiro atoms. The number of hydrogen-bond acceptors (Lipinski definition) is 1. The molecule has 2 heteroatoms. The van der Waals surface area contributed by atoms with E-state index in [1.54, 1.807) is 0 Å². The Hall–Kier alpha value is -0.500. The van der Waals surface area contributed by atoms with E-state index in [-0.39, 0.29) is 0 Å². The van der Waals surface area contributed by atoms with Crippen LogP contribution >= 0.6 is 15.9 Å². The third kappa shape index (κ3) is 3.82. The number of hydrogen-bond donors (Lipinski definition) is 0. The molecule has 0 saturated heterocycles. The third-order valence-electron chi connectivity index (χ3n) is 2.95. The highest BCUT2D eigenvalue weighted by atomic mass is 79.9. The summed E-state index contributed by atoms with van der Waals surface area (Å²) in [6.45, 7) is 7.43. The van der Waals surface area contributed by atoms with Gasteiger partial charge in [-0.3, -0.25) is 0 Å². The first-order chi connectivity index (χ1) is 7.69. The number of aryl methyl sites for hydroxylation is 1. The molecule has 0 radical (unpaired) electrons. The molecule has 1 nitrogen and oxygen atoms in total. The Bertz CT molecular complexity index is 309. The van der Waals surface area contributed by atoms with Crippen LogP contribution in [0.25, 0.3) is 0 Å². The van der Waals surface area contributed by atoms with E-state index >= 15 is 0 Å². The molecule has 0 aliphatic rings. The van der Waals surface area contributed by atoms with Crippen LogP contribution in [0.3, 0.4) is 0 Å². The van der Waals surface area contributed by atoms with Crippen molar-refractivity contribution in [2.45, 2.75) is 27.2 Å². The van der Waals surface area contributed by atoms with E-state index < -0.39 is 0 Å². The van der Waals surface area contributed by atoms with Crippen LogP contribution in [0.5, 0.6) is 5.75 Å². The molecule has 0 aromatic heterocycles. The van der Waals surface area contributed by atoms with Crippen LogP contribution in [0, 0.1) is 11.8 Å². The summed E-state index contributed by atoms with van der Waals surface area (Å²) in [5, 5.41) is 0.999. The van der Waals surface area contributed by atoms with Gasteiger partial charge in [0, 0.05) is 11.2 Å². The van der Waals surface area contributed by atoms with Crippen LogP contribution in [0.2, 0.25) is 0 Å².